The molecule has 19 heavy (non-hydrogen) atoms. The van der Waals surface area contributed by atoms with Crippen LogP contribution in [0, 0.1) is 0 Å². The van der Waals surface area contributed by atoms with Gasteiger partial charge in [0, 0.05) is 12.2 Å². The van der Waals surface area contributed by atoms with Gasteiger partial charge in [0.05, 0.1) is 19.3 Å². The average molecular weight is 264 g/mol. The zero-order valence-electron chi connectivity index (χ0n) is 11.3. The molecule has 5 nitrogen and oxygen atoms in total. The summed E-state index contributed by atoms with van der Waals surface area (Å²) in [6.07, 6.45) is 1.56. The van der Waals surface area contributed by atoms with E-state index in [1.807, 2.05) is 0 Å². The lowest BCUT2D eigenvalue weighted by atomic mass is 9.95. The molecule has 0 saturated carbocycles. The number of methoxy groups -OCH3 is 1. The van der Waals surface area contributed by atoms with Gasteiger partial charge in [0.15, 0.2) is 0 Å². The minimum absolute atomic E-state index is 0.176. The normalized spacial score (nSPS) is 23.0. The Morgan fingerprint density at radius 1 is 1.42 bits per heavy atom. The second kappa shape index (κ2) is 5.48. The van der Waals surface area contributed by atoms with Gasteiger partial charge in [-0.3, -0.25) is 0 Å². The van der Waals surface area contributed by atoms with Gasteiger partial charge in [-0.25, -0.2) is 4.79 Å². The fourth-order valence-electron chi connectivity index (χ4n) is 2.27. The van der Waals surface area contributed by atoms with Crippen molar-refractivity contribution in [1.82, 2.24) is 4.90 Å². The summed E-state index contributed by atoms with van der Waals surface area (Å²) < 4.78 is 5.06. The lowest BCUT2D eigenvalue weighted by Gasteiger charge is -2.36. The highest BCUT2D eigenvalue weighted by atomic mass is 16.5. The maximum atomic E-state index is 12.1. The number of aliphatic hydroxyl groups is 1. The van der Waals surface area contributed by atoms with Gasteiger partial charge in [0.25, 0.3) is 0 Å². The second-order valence-corrected chi connectivity index (χ2v) is 5.18. The topological polar surface area (TPSA) is 61.8 Å². The lowest BCUT2D eigenvalue weighted by Crippen LogP contribution is -2.49. The van der Waals surface area contributed by atoms with Crippen molar-refractivity contribution >= 4 is 11.7 Å². The van der Waals surface area contributed by atoms with Crippen LogP contribution in [0.1, 0.15) is 19.8 Å². The molecule has 1 unspecified atom stereocenters. The van der Waals surface area contributed by atoms with Crippen molar-refractivity contribution in [2.45, 2.75) is 25.4 Å². The van der Waals surface area contributed by atoms with Crippen LogP contribution in [0.5, 0.6) is 5.75 Å². The summed E-state index contributed by atoms with van der Waals surface area (Å²) in [4.78, 5) is 13.7. The zero-order chi connectivity index (χ0) is 13.9. The molecule has 2 N–H and O–H groups in total. The predicted molar refractivity (Wildman–Crippen MR) is 73.4 cm³/mol. The molecule has 1 aliphatic heterocycles. The van der Waals surface area contributed by atoms with Gasteiger partial charge in [0.1, 0.15) is 5.75 Å². The second-order valence-electron chi connectivity index (χ2n) is 5.18. The maximum Gasteiger partial charge on any atom is 0.321 e. The highest BCUT2D eigenvalue weighted by molar-refractivity contribution is 5.89. The van der Waals surface area contributed by atoms with E-state index in [-0.39, 0.29) is 6.03 Å². The standard InChI is InChI=1S/C14H20N2O3/c1-14(18)8-3-9-16(10-14)13(17)15-11-4-6-12(19-2)7-5-11/h4-7,18H,3,8-10H2,1-2H3,(H,15,17). The Morgan fingerprint density at radius 2 is 2.11 bits per heavy atom. The van der Waals surface area contributed by atoms with Crippen LogP contribution in [0.15, 0.2) is 24.3 Å². The highest BCUT2D eigenvalue weighted by Crippen LogP contribution is 2.21. The van der Waals surface area contributed by atoms with Gasteiger partial charge >= 0.3 is 6.03 Å². The number of piperidine rings is 1. The third kappa shape index (κ3) is 3.61. The Bertz CT molecular complexity index is 443. The molecule has 0 aromatic heterocycles. The van der Waals surface area contributed by atoms with Crippen LogP contribution in [0.4, 0.5) is 10.5 Å². The molecule has 1 aliphatic rings. The van der Waals surface area contributed by atoms with Crippen LogP contribution in [-0.2, 0) is 0 Å². The molecule has 1 heterocycles. The Hall–Kier alpha value is -1.75. The first kappa shape index (κ1) is 13.7. The number of urea groups is 1. The van der Waals surface area contributed by atoms with Gasteiger partial charge in [-0.15, -0.1) is 0 Å². The highest BCUT2D eigenvalue weighted by Gasteiger charge is 2.30. The van der Waals surface area contributed by atoms with Crippen LogP contribution >= 0.6 is 0 Å². The first-order valence-corrected chi connectivity index (χ1v) is 6.42. The van der Waals surface area contributed by atoms with E-state index in [1.165, 1.54) is 0 Å². The predicted octanol–water partition coefficient (Wildman–Crippen LogP) is 2.07. The van der Waals surface area contributed by atoms with E-state index >= 15 is 0 Å². The van der Waals surface area contributed by atoms with Gasteiger partial charge < -0.3 is 20.1 Å². The minimum Gasteiger partial charge on any atom is -0.497 e. The van der Waals surface area contributed by atoms with E-state index in [0.717, 1.165) is 24.3 Å². The van der Waals surface area contributed by atoms with Crippen molar-refractivity contribution < 1.29 is 14.6 Å². The number of rotatable bonds is 2. The van der Waals surface area contributed by atoms with E-state index < -0.39 is 5.60 Å². The van der Waals surface area contributed by atoms with Crippen LogP contribution in [0.2, 0.25) is 0 Å². The van der Waals surface area contributed by atoms with Crippen molar-refractivity contribution in [2.24, 2.45) is 0 Å². The number of carbonyl (C=O) groups excluding carboxylic acids is 1. The summed E-state index contributed by atoms with van der Waals surface area (Å²) in [6.45, 7) is 2.81. The summed E-state index contributed by atoms with van der Waals surface area (Å²) in [5.41, 5.74) is -0.0637. The number of nitrogens with zero attached hydrogens (tertiary/aromatic N) is 1. The van der Waals surface area contributed by atoms with Gasteiger partial charge in [0.2, 0.25) is 0 Å². The summed E-state index contributed by atoms with van der Waals surface area (Å²) in [7, 11) is 1.60. The number of hydrogen-bond donors (Lipinski definition) is 2. The zero-order valence-corrected chi connectivity index (χ0v) is 11.3. The Kier molecular flexibility index (Phi) is 3.95. The summed E-state index contributed by atoms with van der Waals surface area (Å²) in [6, 6.07) is 6.99. The fourth-order valence-corrected chi connectivity index (χ4v) is 2.27. The third-order valence-corrected chi connectivity index (χ3v) is 3.30. The smallest absolute Gasteiger partial charge is 0.321 e. The Balaban J connectivity index is 1.96. The van der Waals surface area contributed by atoms with Crippen molar-refractivity contribution in [1.29, 1.82) is 0 Å². The minimum atomic E-state index is -0.782. The molecule has 0 radical (unpaired) electrons. The van der Waals surface area contributed by atoms with Crippen LogP contribution in [0.25, 0.3) is 0 Å². The molecule has 0 bridgehead atoms. The molecule has 1 saturated heterocycles. The van der Waals surface area contributed by atoms with Crippen LogP contribution in [0.3, 0.4) is 0 Å². The summed E-state index contributed by atoms with van der Waals surface area (Å²) in [5.74, 6) is 0.749. The number of nitrogens with one attached hydrogen (secondary N) is 1. The molecule has 2 rings (SSSR count). The van der Waals surface area contributed by atoms with E-state index in [9.17, 15) is 9.90 Å². The van der Waals surface area contributed by atoms with E-state index in [0.29, 0.717) is 13.1 Å². The molecule has 0 aliphatic carbocycles. The van der Waals surface area contributed by atoms with Crippen molar-refractivity contribution in [2.75, 3.05) is 25.5 Å². The maximum absolute atomic E-state index is 12.1. The Morgan fingerprint density at radius 3 is 2.68 bits per heavy atom. The summed E-state index contributed by atoms with van der Waals surface area (Å²) in [5, 5.41) is 12.8. The number of likely N-dealkylation sites (tertiary alicyclic amines) is 1. The fraction of sp³-hybridized carbons (Fsp3) is 0.500. The van der Waals surface area contributed by atoms with E-state index in [1.54, 1.807) is 43.2 Å². The molecule has 0 spiro atoms. The lowest BCUT2D eigenvalue weighted by molar-refractivity contribution is -0.000634. The SMILES string of the molecule is COc1ccc(NC(=O)N2CCCC(C)(O)C2)cc1. The number of anilines is 1. The number of amides is 2. The monoisotopic (exact) mass is 264 g/mol. The van der Waals surface area contributed by atoms with Crippen LogP contribution in [-0.4, -0.2) is 41.8 Å². The third-order valence-electron chi connectivity index (χ3n) is 3.30. The number of carbonyl (C=O) groups is 1. The Labute approximate surface area is 113 Å². The van der Waals surface area contributed by atoms with Crippen molar-refractivity contribution in [3.63, 3.8) is 0 Å². The number of hydrogen-bond acceptors (Lipinski definition) is 3. The van der Waals surface area contributed by atoms with Crippen LogP contribution < -0.4 is 10.1 Å². The molecule has 1 fully saturated rings. The molecular weight excluding hydrogens is 244 g/mol. The van der Waals surface area contributed by atoms with Crippen molar-refractivity contribution in [3.8, 4) is 5.75 Å². The molecule has 1 aromatic carbocycles. The summed E-state index contributed by atoms with van der Waals surface area (Å²) >= 11 is 0. The molecule has 1 atom stereocenters. The number of β-amino-alcohol motifs (C(OH)–C–C–N with tert-alkyl or cyclic N) is 1. The van der Waals surface area contributed by atoms with E-state index in [4.69, 9.17) is 4.74 Å². The molecular formula is C14H20N2O3. The molecule has 5 heteroatoms. The number of ether oxygens (including phenoxy) is 1. The number of benzene rings is 1. The first-order valence-electron chi connectivity index (χ1n) is 6.42. The molecule has 1 aromatic rings. The quantitative estimate of drug-likeness (QED) is 0.859. The van der Waals surface area contributed by atoms with Gasteiger partial charge in [-0.1, -0.05) is 0 Å². The van der Waals surface area contributed by atoms with Crippen molar-refractivity contribution in [3.05, 3.63) is 24.3 Å². The largest absolute Gasteiger partial charge is 0.497 e. The van der Waals surface area contributed by atoms with Gasteiger partial charge in [-0.2, -0.15) is 0 Å². The first-order chi connectivity index (χ1) is 9.00. The molecule has 104 valence electrons. The molecule has 2 amide bonds. The average Bonchev–Trinajstić information content (AvgIpc) is 2.38. The van der Waals surface area contributed by atoms with E-state index in [2.05, 4.69) is 5.32 Å². The van der Waals surface area contributed by atoms with Gasteiger partial charge in [-0.05, 0) is 44.0 Å².